The van der Waals surface area contributed by atoms with E-state index in [-0.39, 0.29) is 18.8 Å². The third-order valence-corrected chi connectivity index (χ3v) is 3.25. The van der Waals surface area contributed by atoms with Crippen LogP contribution in [0.5, 0.6) is 0 Å². The van der Waals surface area contributed by atoms with Gasteiger partial charge in [0, 0.05) is 19.2 Å². The van der Waals surface area contributed by atoms with E-state index in [0.29, 0.717) is 6.42 Å². The zero-order valence-corrected chi connectivity index (χ0v) is 10.4. The van der Waals surface area contributed by atoms with Gasteiger partial charge in [0.25, 0.3) is 5.69 Å². The monoisotopic (exact) mass is 272 g/mol. The molecule has 0 bridgehead atoms. The Bertz CT molecular complexity index is 516. The highest BCUT2D eigenvalue weighted by molar-refractivity contribution is 5.66. The van der Waals surface area contributed by atoms with Gasteiger partial charge in [-0.25, -0.2) is 8.78 Å². The molecule has 7 heteroatoms. The number of anilines is 1. The van der Waals surface area contributed by atoms with Gasteiger partial charge in [-0.15, -0.1) is 0 Å². The third-order valence-electron chi connectivity index (χ3n) is 3.25. The highest BCUT2D eigenvalue weighted by atomic mass is 19.2. The lowest BCUT2D eigenvalue weighted by Crippen LogP contribution is -2.62. The Hall–Kier alpha value is -1.76. The summed E-state index contributed by atoms with van der Waals surface area (Å²) in [7, 11) is 0. The lowest BCUT2D eigenvalue weighted by atomic mass is 9.88. The van der Waals surface area contributed by atoms with Crippen LogP contribution in [0, 0.1) is 21.7 Å². The normalized spacial score (nSPS) is 17.2. The summed E-state index contributed by atoms with van der Waals surface area (Å²) in [6.07, 6.45) is 1.27. The topological polar surface area (TPSA) is 66.6 Å². The second-order valence-electron chi connectivity index (χ2n) is 4.82. The molecule has 1 heterocycles. The molecule has 0 aromatic heterocycles. The summed E-state index contributed by atoms with van der Waals surface area (Å²) in [5.41, 5.74) is -1.84. The van der Waals surface area contributed by atoms with E-state index >= 15 is 0 Å². The molecule has 1 saturated heterocycles. The highest BCUT2D eigenvalue weighted by Crippen LogP contribution is 2.39. The molecular weight excluding hydrogens is 258 g/mol. The number of aliphatic hydroxyl groups is 1. The molecule has 5 nitrogen and oxygen atoms in total. The molecule has 0 spiro atoms. The number of hydrogen-bond acceptors (Lipinski definition) is 4. The van der Waals surface area contributed by atoms with E-state index < -0.39 is 27.8 Å². The zero-order valence-electron chi connectivity index (χ0n) is 10.4. The maximum atomic E-state index is 13.7. The number of nitrogens with zero attached hydrogens (tertiary/aromatic N) is 2. The molecule has 0 atom stereocenters. The fourth-order valence-electron chi connectivity index (χ4n) is 2.42. The Kier molecular flexibility index (Phi) is 3.40. The molecule has 1 aromatic carbocycles. The molecule has 2 rings (SSSR count). The first-order valence-corrected chi connectivity index (χ1v) is 5.97. The molecule has 1 N–H and O–H groups in total. The van der Waals surface area contributed by atoms with Crippen molar-refractivity contribution in [2.75, 3.05) is 18.0 Å². The van der Waals surface area contributed by atoms with Crippen LogP contribution in [0.2, 0.25) is 0 Å². The van der Waals surface area contributed by atoms with Gasteiger partial charge in [0.15, 0.2) is 17.3 Å². The molecule has 0 unspecified atom stereocenters. The molecule has 1 aliphatic heterocycles. The predicted octanol–water partition coefficient (Wildman–Crippen LogP) is 2.22. The summed E-state index contributed by atoms with van der Waals surface area (Å²) in [5.74, 6) is -2.38. The minimum Gasteiger partial charge on any atom is -0.386 e. The standard InChI is InChI=1S/C12H14F2N2O3/c1-2-5-12(17)6-15(7-12)11-9(16(18)19)4-3-8(13)10(11)14/h3-4,17H,2,5-7H2,1H3. The van der Waals surface area contributed by atoms with Gasteiger partial charge in [-0.2, -0.15) is 0 Å². The first kappa shape index (κ1) is 13.7. The molecule has 1 fully saturated rings. The van der Waals surface area contributed by atoms with Gasteiger partial charge < -0.3 is 10.0 Å². The smallest absolute Gasteiger partial charge is 0.295 e. The number of benzene rings is 1. The summed E-state index contributed by atoms with van der Waals surface area (Å²) < 4.78 is 26.9. The first-order valence-electron chi connectivity index (χ1n) is 5.97. The summed E-state index contributed by atoms with van der Waals surface area (Å²) in [5, 5.41) is 20.8. The van der Waals surface area contributed by atoms with E-state index in [1.165, 1.54) is 4.90 Å². The van der Waals surface area contributed by atoms with Crippen LogP contribution in [0.4, 0.5) is 20.2 Å². The van der Waals surface area contributed by atoms with Crippen LogP contribution < -0.4 is 4.90 Å². The second kappa shape index (κ2) is 4.73. The maximum absolute atomic E-state index is 13.7. The Balaban J connectivity index is 2.31. The molecule has 19 heavy (non-hydrogen) atoms. The number of β-amino-alcohol motifs (C(OH)–C–C–N with tert-alkyl or cyclic N) is 1. The van der Waals surface area contributed by atoms with Gasteiger partial charge in [0.05, 0.1) is 10.5 Å². The fraction of sp³-hybridized carbons (Fsp3) is 0.500. The first-order chi connectivity index (χ1) is 8.88. The van der Waals surface area contributed by atoms with Crippen LogP contribution in [0.15, 0.2) is 12.1 Å². The Morgan fingerprint density at radius 1 is 1.47 bits per heavy atom. The summed E-state index contributed by atoms with van der Waals surface area (Å²) >= 11 is 0. The fourth-order valence-corrected chi connectivity index (χ4v) is 2.42. The van der Waals surface area contributed by atoms with Crippen molar-refractivity contribution in [1.29, 1.82) is 0 Å². The van der Waals surface area contributed by atoms with Crippen LogP contribution in [-0.2, 0) is 0 Å². The molecule has 104 valence electrons. The lowest BCUT2D eigenvalue weighted by Gasteiger charge is -2.47. The summed E-state index contributed by atoms with van der Waals surface area (Å²) in [4.78, 5) is 11.4. The molecule has 1 aliphatic rings. The van der Waals surface area contributed by atoms with Crippen LogP contribution >= 0.6 is 0 Å². The van der Waals surface area contributed by atoms with Gasteiger partial charge in [-0.1, -0.05) is 13.3 Å². The summed E-state index contributed by atoms with van der Waals surface area (Å²) in [6, 6.07) is 1.67. The second-order valence-corrected chi connectivity index (χ2v) is 4.82. The van der Waals surface area contributed by atoms with Crippen LogP contribution in [-0.4, -0.2) is 28.7 Å². The Morgan fingerprint density at radius 2 is 2.11 bits per heavy atom. The highest BCUT2D eigenvalue weighted by Gasteiger charge is 2.44. The van der Waals surface area contributed by atoms with Crippen molar-refractivity contribution in [2.45, 2.75) is 25.4 Å². The zero-order chi connectivity index (χ0) is 14.2. The van der Waals surface area contributed by atoms with E-state index in [4.69, 9.17) is 0 Å². The number of nitro groups is 1. The van der Waals surface area contributed by atoms with E-state index in [0.717, 1.165) is 18.6 Å². The minimum atomic E-state index is -1.24. The number of halogens is 2. The Morgan fingerprint density at radius 3 is 2.63 bits per heavy atom. The van der Waals surface area contributed by atoms with Crippen molar-refractivity contribution in [3.63, 3.8) is 0 Å². The quantitative estimate of drug-likeness (QED) is 0.674. The molecule has 0 amide bonds. The van der Waals surface area contributed by atoms with Gasteiger partial charge in [0.2, 0.25) is 0 Å². The molecule has 0 saturated carbocycles. The molecule has 1 aromatic rings. The molecule has 0 radical (unpaired) electrons. The van der Waals surface area contributed by atoms with Crippen LogP contribution in [0.3, 0.4) is 0 Å². The van der Waals surface area contributed by atoms with Crippen molar-refractivity contribution in [1.82, 2.24) is 0 Å². The maximum Gasteiger partial charge on any atom is 0.295 e. The van der Waals surface area contributed by atoms with Crippen molar-refractivity contribution in [3.8, 4) is 0 Å². The molecular formula is C12H14F2N2O3. The van der Waals surface area contributed by atoms with E-state index in [9.17, 15) is 24.0 Å². The summed E-state index contributed by atoms with van der Waals surface area (Å²) in [6.45, 7) is 2.04. The number of hydrogen-bond donors (Lipinski definition) is 1. The largest absolute Gasteiger partial charge is 0.386 e. The van der Waals surface area contributed by atoms with Crippen molar-refractivity contribution in [2.24, 2.45) is 0 Å². The van der Waals surface area contributed by atoms with Gasteiger partial charge in [-0.3, -0.25) is 10.1 Å². The van der Waals surface area contributed by atoms with Crippen LogP contribution in [0.1, 0.15) is 19.8 Å². The third kappa shape index (κ3) is 2.37. The van der Waals surface area contributed by atoms with E-state index in [1.54, 1.807) is 0 Å². The van der Waals surface area contributed by atoms with Crippen molar-refractivity contribution >= 4 is 11.4 Å². The van der Waals surface area contributed by atoms with E-state index in [2.05, 4.69) is 0 Å². The number of nitro benzene ring substituents is 1. The SMILES string of the molecule is CCCC1(O)CN(c2c([N+](=O)[O-])ccc(F)c2F)C1. The van der Waals surface area contributed by atoms with Gasteiger partial charge in [0.1, 0.15) is 0 Å². The average Bonchev–Trinajstić information content (AvgIpc) is 2.29. The van der Waals surface area contributed by atoms with E-state index in [1.807, 2.05) is 6.92 Å². The Labute approximate surface area is 108 Å². The number of rotatable bonds is 4. The van der Waals surface area contributed by atoms with Crippen molar-refractivity contribution in [3.05, 3.63) is 33.9 Å². The van der Waals surface area contributed by atoms with Crippen LogP contribution in [0.25, 0.3) is 0 Å². The van der Waals surface area contributed by atoms with Gasteiger partial charge in [-0.05, 0) is 12.5 Å². The van der Waals surface area contributed by atoms with Crippen molar-refractivity contribution < 1.29 is 18.8 Å². The lowest BCUT2D eigenvalue weighted by molar-refractivity contribution is -0.384. The molecule has 0 aliphatic carbocycles. The van der Waals surface area contributed by atoms with Gasteiger partial charge >= 0.3 is 0 Å². The minimum absolute atomic E-state index is 0.0715. The average molecular weight is 272 g/mol. The predicted molar refractivity (Wildman–Crippen MR) is 65.1 cm³/mol.